The average Bonchev–Trinajstić information content (AvgIpc) is 2.77. The van der Waals surface area contributed by atoms with Gasteiger partial charge < -0.3 is 4.74 Å². The molecule has 4 heteroatoms. The van der Waals surface area contributed by atoms with E-state index in [1.165, 1.54) is 5.56 Å². The quantitative estimate of drug-likeness (QED) is 0.834. The molecule has 1 N–H and O–H groups in total. The van der Waals surface area contributed by atoms with Gasteiger partial charge >= 0.3 is 5.97 Å². The highest BCUT2D eigenvalue weighted by Crippen LogP contribution is 2.33. The number of hydrogen-bond acceptors (Lipinski definition) is 4. The van der Waals surface area contributed by atoms with Crippen molar-refractivity contribution in [1.29, 1.82) is 0 Å². The zero-order valence-electron chi connectivity index (χ0n) is 11.0. The van der Waals surface area contributed by atoms with E-state index in [-0.39, 0.29) is 17.4 Å². The lowest BCUT2D eigenvalue weighted by Crippen LogP contribution is -2.39. The second-order valence-corrected chi connectivity index (χ2v) is 6.51. The van der Waals surface area contributed by atoms with Crippen molar-refractivity contribution in [3.63, 3.8) is 0 Å². The average molecular weight is 265 g/mol. The summed E-state index contributed by atoms with van der Waals surface area (Å²) >= 11 is 1.75. The summed E-state index contributed by atoms with van der Waals surface area (Å²) in [6, 6.07) is 9.95. The van der Waals surface area contributed by atoms with Crippen LogP contribution in [0.1, 0.15) is 31.7 Å². The van der Waals surface area contributed by atoms with Crippen LogP contribution in [0.15, 0.2) is 30.3 Å². The van der Waals surface area contributed by atoms with Crippen molar-refractivity contribution in [3.8, 4) is 0 Å². The molecule has 0 aromatic heterocycles. The predicted octanol–water partition coefficient (Wildman–Crippen LogP) is 2.73. The number of carbonyl (C=O) groups excluding carboxylic acids is 1. The van der Waals surface area contributed by atoms with Crippen LogP contribution >= 0.6 is 11.8 Å². The fourth-order valence-corrected chi connectivity index (χ4v) is 3.03. The zero-order chi connectivity index (χ0) is 13.2. The van der Waals surface area contributed by atoms with E-state index in [4.69, 9.17) is 4.74 Å². The van der Waals surface area contributed by atoms with Crippen LogP contribution in [0, 0.1) is 0 Å². The van der Waals surface area contributed by atoms with Crippen molar-refractivity contribution in [1.82, 2.24) is 5.32 Å². The van der Waals surface area contributed by atoms with Crippen LogP contribution in [-0.2, 0) is 9.53 Å². The third kappa shape index (κ3) is 3.50. The Kier molecular flexibility index (Phi) is 3.97. The van der Waals surface area contributed by atoms with Gasteiger partial charge in [0, 0.05) is 5.75 Å². The molecule has 0 radical (unpaired) electrons. The molecular weight excluding hydrogens is 246 g/mol. The van der Waals surface area contributed by atoms with E-state index in [2.05, 4.69) is 17.4 Å². The van der Waals surface area contributed by atoms with Gasteiger partial charge in [0.1, 0.15) is 11.6 Å². The highest BCUT2D eigenvalue weighted by molar-refractivity contribution is 7.99. The van der Waals surface area contributed by atoms with E-state index in [9.17, 15) is 4.79 Å². The summed E-state index contributed by atoms with van der Waals surface area (Å²) in [5, 5.41) is 3.50. The molecule has 1 saturated heterocycles. The Morgan fingerprint density at radius 2 is 2.00 bits per heavy atom. The van der Waals surface area contributed by atoms with Crippen molar-refractivity contribution in [2.45, 2.75) is 37.8 Å². The van der Waals surface area contributed by atoms with Gasteiger partial charge in [-0.1, -0.05) is 30.3 Å². The van der Waals surface area contributed by atoms with Crippen molar-refractivity contribution in [2.75, 3.05) is 5.75 Å². The van der Waals surface area contributed by atoms with Gasteiger partial charge in [0.05, 0.1) is 5.37 Å². The van der Waals surface area contributed by atoms with Gasteiger partial charge in [-0.25, -0.2) is 0 Å². The van der Waals surface area contributed by atoms with Gasteiger partial charge in [-0.2, -0.15) is 0 Å². The molecule has 3 nitrogen and oxygen atoms in total. The molecule has 98 valence electrons. The molecule has 2 atom stereocenters. The lowest BCUT2D eigenvalue weighted by Gasteiger charge is -2.22. The van der Waals surface area contributed by atoms with Crippen LogP contribution < -0.4 is 5.32 Å². The minimum absolute atomic E-state index is 0.159. The minimum atomic E-state index is -0.422. The van der Waals surface area contributed by atoms with Gasteiger partial charge in [0.15, 0.2) is 0 Å². The predicted molar refractivity (Wildman–Crippen MR) is 74.4 cm³/mol. The molecule has 0 aliphatic carbocycles. The van der Waals surface area contributed by atoms with Crippen LogP contribution in [0.25, 0.3) is 0 Å². The largest absolute Gasteiger partial charge is 0.459 e. The van der Waals surface area contributed by atoms with Crippen molar-refractivity contribution in [2.24, 2.45) is 0 Å². The molecule has 2 rings (SSSR count). The van der Waals surface area contributed by atoms with Gasteiger partial charge in [0.2, 0.25) is 0 Å². The topological polar surface area (TPSA) is 38.3 Å². The number of rotatable bonds is 2. The smallest absolute Gasteiger partial charge is 0.324 e. The lowest BCUT2D eigenvalue weighted by atomic mass is 10.2. The van der Waals surface area contributed by atoms with Gasteiger partial charge in [-0.15, -0.1) is 11.8 Å². The van der Waals surface area contributed by atoms with Crippen LogP contribution in [-0.4, -0.2) is 23.4 Å². The van der Waals surface area contributed by atoms with Crippen molar-refractivity contribution >= 4 is 17.7 Å². The van der Waals surface area contributed by atoms with Crippen LogP contribution in [0.4, 0.5) is 0 Å². The summed E-state index contributed by atoms with van der Waals surface area (Å²) in [7, 11) is 0. The van der Waals surface area contributed by atoms with Gasteiger partial charge in [-0.3, -0.25) is 10.1 Å². The SMILES string of the molecule is CC(C)(C)OC(=O)C1CSC(c2ccccc2)N1. The Balaban J connectivity index is 1.95. The number of nitrogens with one attached hydrogen (secondary N) is 1. The summed E-state index contributed by atoms with van der Waals surface area (Å²) < 4.78 is 5.39. The molecule has 0 bridgehead atoms. The first-order valence-electron chi connectivity index (χ1n) is 6.11. The maximum absolute atomic E-state index is 11.9. The molecule has 0 saturated carbocycles. The monoisotopic (exact) mass is 265 g/mol. The molecule has 0 spiro atoms. The fourth-order valence-electron chi connectivity index (χ4n) is 1.80. The maximum Gasteiger partial charge on any atom is 0.324 e. The minimum Gasteiger partial charge on any atom is -0.459 e. The molecule has 2 unspecified atom stereocenters. The number of esters is 1. The molecule has 0 amide bonds. The number of hydrogen-bond donors (Lipinski definition) is 1. The second kappa shape index (κ2) is 5.33. The first-order chi connectivity index (χ1) is 8.46. The van der Waals surface area contributed by atoms with Gasteiger partial charge in [-0.05, 0) is 26.3 Å². The van der Waals surface area contributed by atoms with Crippen molar-refractivity contribution in [3.05, 3.63) is 35.9 Å². The standard InChI is InChI=1S/C14H19NO2S/c1-14(2,3)17-13(16)11-9-18-12(15-11)10-7-5-4-6-8-10/h4-8,11-12,15H,9H2,1-3H3. The Hall–Kier alpha value is -1.00. The van der Waals surface area contributed by atoms with E-state index in [0.717, 1.165) is 5.75 Å². The third-order valence-corrected chi connectivity index (χ3v) is 3.84. The second-order valence-electron chi connectivity index (χ2n) is 5.38. The molecule has 1 aliphatic heterocycles. The molecule has 1 heterocycles. The van der Waals surface area contributed by atoms with Gasteiger partial charge in [0.25, 0.3) is 0 Å². The molecule has 1 aromatic rings. The Morgan fingerprint density at radius 1 is 1.33 bits per heavy atom. The Bertz CT molecular complexity index is 414. The van der Waals surface area contributed by atoms with E-state index in [1.54, 1.807) is 11.8 Å². The van der Waals surface area contributed by atoms with E-state index in [0.29, 0.717) is 0 Å². The molecular formula is C14H19NO2S. The zero-order valence-corrected chi connectivity index (χ0v) is 11.8. The van der Waals surface area contributed by atoms with E-state index >= 15 is 0 Å². The lowest BCUT2D eigenvalue weighted by molar-refractivity contribution is -0.156. The normalized spacial score (nSPS) is 23.9. The summed E-state index contributed by atoms with van der Waals surface area (Å²) in [5.41, 5.74) is 0.780. The Morgan fingerprint density at radius 3 is 2.61 bits per heavy atom. The number of ether oxygens (including phenoxy) is 1. The van der Waals surface area contributed by atoms with E-state index in [1.807, 2.05) is 39.0 Å². The molecule has 1 aromatic carbocycles. The van der Waals surface area contributed by atoms with E-state index < -0.39 is 5.60 Å². The fraction of sp³-hybridized carbons (Fsp3) is 0.500. The van der Waals surface area contributed by atoms with Crippen LogP contribution in [0.5, 0.6) is 0 Å². The number of carbonyl (C=O) groups is 1. The van der Waals surface area contributed by atoms with Crippen molar-refractivity contribution < 1.29 is 9.53 Å². The number of benzene rings is 1. The van der Waals surface area contributed by atoms with Crippen LogP contribution in [0.2, 0.25) is 0 Å². The first kappa shape index (κ1) is 13.4. The summed E-state index contributed by atoms with van der Waals surface area (Å²) in [6.45, 7) is 5.67. The summed E-state index contributed by atoms with van der Waals surface area (Å²) in [5.74, 6) is 0.600. The number of thioether (sulfide) groups is 1. The molecule has 1 aliphatic rings. The summed E-state index contributed by atoms with van der Waals surface area (Å²) in [6.07, 6.45) is 0. The van der Waals surface area contributed by atoms with Crippen LogP contribution in [0.3, 0.4) is 0 Å². The first-order valence-corrected chi connectivity index (χ1v) is 7.16. The highest BCUT2D eigenvalue weighted by atomic mass is 32.2. The third-order valence-electron chi connectivity index (χ3n) is 2.58. The Labute approximate surface area is 112 Å². The molecule has 18 heavy (non-hydrogen) atoms. The summed E-state index contributed by atoms with van der Waals surface area (Å²) in [4.78, 5) is 11.9. The highest BCUT2D eigenvalue weighted by Gasteiger charge is 2.33. The molecule has 1 fully saturated rings. The maximum atomic E-state index is 11.9.